The molecule has 1 aromatic heterocycles. The van der Waals surface area contributed by atoms with Crippen molar-refractivity contribution < 1.29 is 9.21 Å². The van der Waals surface area contributed by atoms with E-state index in [-0.39, 0.29) is 6.03 Å². The number of carbonyl (C=O) groups excluding carboxylic acids is 1. The summed E-state index contributed by atoms with van der Waals surface area (Å²) in [4.78, 5) is 18.6. The summed E-state index contributed by atoms with van der Waals surface area (Å²) in [6.45, 7) is 3.54. The lowest BCUT2D eigenvalue weighted by atomic mass is 10.0. The number of oxazole rings is 1. The Balaban J connectivity index is 1.49. The van der Waals surface area contributed by atoms with Crippen LogP contribution in [0.15, 0.2) is 41.0 Å². The van der Waals surface area contributed by atoms with E-state index in [1.807, 2.05) is 35.2 Å². The number of likely N-dealkylation sites (tertiary alicyclic amines) is 1. The minimum absolute atomic E-state index is 0.0315. The van der Waals surface area contributed by atoms with Gasteiger partial charge in [0.1, 0.15) is 6.26 Å². The predicted octanol–water partition coefficient (Wildman–Crippen LogP) is 3.47. The molecule has 0 aliphatic carbocycles. The Morgan fingerprint density at radius 1 is 1.35 bits per heavy atom. The predicted molar refractivity (Wildman–Crippen MR) is 89.1 cm³/mol. The topological polar surface area (TPSA) is 58.4 Å². The number of urea groups is 1. The first-order valence-electron chi connectivity index (χ1n) is 8.28. The second-order valence-corrected chi connectivity index (χ2v) is 6.03. The molecule has 1 unspecified atom stereocenters. The minimum Gasteiger partial charge on any atom is -0.444 e. The zero-order valence-electron chi connectivity index (χ0n) is 13.5. The van der Waals surface area contributed by atoms with E-state index in [4.69, 9.17) is 4.42 Å². The number of amides is 2. The monoisotopic (exact) mass is 313 g/mol. The van der Waals surface area contributed by atoms with Crippen molar-refractivity contribution in [1.29, 1.82) is 0 Å². The molecule has 1 N–H and O–H groups in total. The van der Waals surface area contributed by atoms with Gasteiger partial charge < -0.3 is 14.6 Å². The van der Waals surface area contributed by atoms with Gasteiger partial charge in [-0.05, 0) is 38.3 Å². The Morgan fingerprint density at radius 3 is 2.96 bits per heavy atom. The lowest BCUT2D eigenvalue weighted by molar-refractivity contribution is 0.158. The lowest BCUT2D eigenvalue weighted by Gasteiger charge is -2.33. The molecule has 2 amide bonds. The summed E-state index contributed by atoms with van der Waals surface area (Å²) in [7, 11) is 0. The Hall–Kier alpha value is -2.30. The van der Waals surface area contributed by atoms with Gasteiger partial charge in [-0.25, -0.2) is 9.78 Å². The van der Waals surface area contributed by atoms with Crippen molar-refractivity contribution >= 4 is 6.03 Å². The molecule has 3 rings (SSSR count). The molecule has 1 atom stereocenters. The average Bonchev–Trinajstić information content (AvgIpc) is 3.05. The Labute approximate surface area is 136 Å². The quantitative estimate of drug-likeness (QED) is 0.940. The van der Waals surface area contributed by atoms with Crippen molar-refractivity contribution in [3.05, 3.63) is 42.3 Å². The summed E-state index contributed by atoms with van der Waals surface area (Å²) in [5, 5.41) is 2.99. The maximum absolute atomic E-state index is 12.2. The largest absolute Gasteiger partial charge is 0.444 e. The molecule has 0 bridgehead atoms. The van der Waals surface area contributed by atoms with Crippen LogP contribution < -0.4 is 5.32 Å². The molecule has 1 fully saturated rings. The molecular weight excluding hydrogens is 290 g/mol. The van der Waals surface area contributed by atoms with E-state index < -0.39 is 0 Å². The molecule has 1 saturated heterocycles. The Morgan fingerprint density at radius 2 is 2.17 bits per heavy atom. The van der Waals surface area contributed by atoms with Gasteiger partial charge in [0.25, 0.3) is 0 Å². The Bertz CT molecular complexity index is 639. The number of nitrogens with zero attached hydrogens (tertiary/aromatic N) is 2. The molecule has 0 radical (unpaired) electrons. The highest BCUT2D eigenvalue weighted by Crippen LogP contribution is 2.18. The Kier molecular flexibility index (Phi) is 4.95. The smallest absolute Gasteiger partial charge is 0.317 e. The van der Waals surface area contributed by atoms with E-state index in [1.165, 1.54) is 6.42 Å². The van der Waals surface area contributed by atoms with Crippen molar-refractivity contribution in [2.45, 2.75) is 38.6 Å². The van der Waals surface area contributed by atoms with Crippen LogP contribution in [-0.4, -0.2) is 35.0 Å². The van der Waals surface area contributed by atoms with E-state index >= 15 is 0 Å². The number of piperidine rings is 1. The number of nitrogens with one attached hydrogen (secondary N) is 1. The van der Waals surface area contributed by atoms with E-state index in [1.54, 1.807) is 6.26 Å². The van der Waals surface area contributed by atoms with Crippen LogP contribution in [0, 0.1) is 0 Å². The molecule has 2 aromatic rings. The number of hydrogen-bond donors (Lipinski definition) is 1. The van der Waals surface area contributed by atoms with E-state index in [2.05, 4.69) is 17.2 Å². The number of aromatic nitrogens is 1. The molecule has 0 spiro atoms. The third-order valence-electron chi connectivity index (χ3n) is 4.29. The van der Waals surface area contributed by atoms with Gasteiger partial charge >= 0.3 is 6.03 Å². The molecule has 23 heavy (non-hydrogen) atoms. The van der Waals surface area contributed by atoms with E-state index in [0.29, 0.717) is 24.9 Å². The van der Waals surface area contributed by atoms with Crippen LogP contribution >= 0.6 is 0 Å². The molecule has 122 valence electrons. The highest BCUT2D eigenvalue weighted by molar-refractivity contribution is 5.74. The molecule has 1 aromatic carbocycles. The van der Waals surface area contributed by atoms with Crippen molar-refractivity contribution in [2.24, 2.45) is 0 Å². The highest BCUT2D eigenvalue weighted by Gasteiger charge is 2.22. The fourth-order valence-electron chi connectivity index (χ4n) is 2.93. The summed E-state index contributed by atoms with van der Waals surface area (Å²) in [5.74, 6) is 0.622. The summed E-state index contributed by atoms with van der Waals surface area (Å²) >= 11 is 0. The van der Waals surface area contributed by atoms with Crippen molar-refractivity contribution in [2.75, 3.05) is 13.1 Å². The molecule has 5 nitrogen and oxygen atoms in total. The maximum Gasteiger partial charge on any atom is 0.317 e. The minimum atomic E-state index is 0.0315. The summed E-state index contributed by atoms with van der Waals surface area (Å²) in [6, 6.07) is 10.2. The fraction of sp³-hybridized carbons (Fsp3) is 0.444. The molecular formula is C18H23N3O2. The molecule has 1 aliphatic heterocycles. The third kappa shape index (κ3) is 3.92. The van der Waals surface area contributed by atoms with Gasteiger partial charge in [0.05, 0.1) is 5.69 Å². The van der Waals surface area contributed by atoms with Crippen LogP contribution in [-0.2, 0) is 6.42 Å². The zero-order valence-corrected chi connectivity index (χ0v) is 13.5. The first kappa shape index (κ1) is 15.6. The lowest BCUT2D eigenvalue weighted by Crippen LogP contribution is -2.47. The molecule has 1 aliphatic rings. The van der Waals surface area contributed by atoms with E-state index in [9.17, 15) is 4.79 Å². The van der Waals surface area contributed by atoms with Crippen LogP contribution in [0.25, 0.3) is 11.5 Å². The van der Waals surface area contributed by atoms with Gasteiger partial charge in [-0.1, -0.05) is 18.2 Å². The fourth-order valence-corrected chi connectivity index (χ4v) is 2.93. The molecule has 0 saturated carbocycles. The molecule has 5 heteroatoms. The van der Waals surface area contributed by atoms with Crippen molar-refractivity contribution in [3.8, 4) is 11.5 Å². The first-order chi connectivity index (χ1) is 11.2. The normalized spacial score (nSPS) is 18.0. The van der Waals surface area contributed by atoms with Crippen LogP contribution in [0.2, 0.25) is 0 Å². The summed E-state index contributed by atoms with van der Waals surface area (Å²) < 4.78 is 5.51. The number of rotatable bonds is 4. The number of carbonyl (C=O) groups is 1. The van der Waals surface area contributed by atoms with E-state index in [0.717, 1.165) is 30.6 Å². The SMILES string of the molecule is CC1CCCCN1C(=O)NCCc1coc(-c2ccccc2)n1. The summed E-state index contributed by atoms with van der Waals surface area (Å²) in [6.07, 6.45) is 5.74. The van der Waals surface area contributed by atoms with Gasteiger partial charge in [0.2, 0.25) is 5.89 Å². The van der Waals surface area contributed by atoms with Gasteiger partial charge in [-0.15, -0.1) is 0 Å². The highest BCUT2D eigenvalue weighted by atomic mass is 16.3. The first-order valence-corrected chi connectivity index (χ1v) is 8.28. The summed E-state index contributed by atoms with van der Waals surface area (Å²) in [5.41, 5.74) is 1.82. The average molecular weight is 313 g/mol. The van der Waals surface area contributed by atoms with Gasteiger partial charge in [-0.3, -0.25) is 0 Å². The zero-order chi connectivity index (χ0) is 16.1. The number of benzene rings is 1. The second-order valence-electron chi connectivity index (χ2n) is 6.03. The van der Waals surface area contributed by atoms with Gasteiger partial charge in [-0.2, -0.15) is 0 Å². The maximum atomic E-state index is 12.2. The third-order valence-corrected chi connectivity index (χ3v) is 4.29. The van der Waals surface area contributed by atoms with Crippen LogP contribution in [0.1, 0.15) is 31.9 Å². The second kappa shape index (κ2) is 7.31. The standard InChI is InChI=1S/C18H23N3O2/c1-14-7-5-6-12-21(14)18(22)19-11-10-16-13-23-17(20-16)15-8-3-2-4-9-15/h2-4,8-9,13-14H,5-7,10-12H2,1H3,(H,19,22). The van der Waals surface area contributed by atoms with Gasteiger partial charge in [0, 0.05) is 31.1 Å². The van der Waals surface area contributed by atoms with Crippen molar-refractivity contribution in [3.63, 3.8) is 0 Å². The number of hydrogen-bond acceptors (Lipinski definition) is 3. The molecule has 2 heterocycles. The van der Waals surface area contributed by atoms with Gasteiger partial charge in [0.15, 0.2) is 0 Å². The van der Waals surface area contributed by atoms with Crippen LogP contribution in [0.3, 0.4) is 0 Å². The van der Waals surface area contributed by atoms with Crippen LogP contribution in [0.5, 0.6) is 0 Å². The van der Waals surface area contributed by atoms with Crippen molar-refractivity contribution in [1.82, 2.24) is 15.2 Å². The van der Waals surface area contributed by atoms with Crippen LogP contribution in [0.4, 0.5) is 4.79 Å².